The lowest BCUT2D eigenvalue weighted by molar-refractivity contribution is 0.276. The van der Waals surface area contributed by atoms with Gasteiger partial charge < -0.3 is 9.52 Å². The minimum absolute atomic E-state index is 0.168. The first kappa shape index (κ1) is 10.4. The summed E-state index contributed by atoms with van der Waals surface area (Å²) in [6, 6.07) is 1.60. The maximum atomic E-state index is 8.81. The van der Waals surface area contributed by atoms with E-state index in [1.165, 1.54) is 12.5 Å². The molecule has 2 heterocycles. The zero-order valence-corrected chi connectivity index (χ0v) is 8.96. The first-order valence-electron chi connectivity index (χ1n) is 4.07. The first-order chi connectivity index (χ1) is 7.20. The van der Waals surface area contributed by atoms with E-state index in [2.05, 4.69) is 9.97 Å². The van der Waals surface area contributed by atoms with Crippen LogP contribution in [0.4, 0.5) is 0 Å². The highest BCUT2D eigenvalue weighted by atomic mass is 35.5. The first-order valence-corrected chi connectivity index (χ1v) is 4.83. The molecule has 0 radical (unpaired) electrons. The zero-order chi connectivity index (χ0) is 10.8. The number of aliphatic hydroxyl groups is 1. The van der Waals surface area contributed by atoms with Crippen molar-refractivity contribution in [3.8, 4) is 11.5 Å². The average molecular weight is 245 g/mol. The monoisotopic (exact) mass is 244 g/mol. The number of hydrogen-bond acceptors (Lipinski definition) is 4. The maximum absolute atomic E-state index is 8.81. The van der Waals surface area contributed by atoms with E-state index < -0.39 is 0 Å². The van der Waals surface area contributed by atoms with Crippen molar-refractivity contribution >= 4 is 23.2 Å². The van der Waals surface area contributed by atoms with Gasteiger partial charge in [-0.3, -0.25) is 0 Å². The molecular weight excluding hydrogens is 239 g/mol. The van der Waals surface area contributed by atoms with Crippen molar-refractivity contribution in [1.82, 2.24) is 9.97 Å². The fraction of sp³-hybridized carbons (Fsp3) is 0.111. The van der Waals surface area contributed by atoms with Crippen LogP contribution in [-0.4, -0.2) is 15.1 Å². The Morgan fingerprint density at radius 1 is 1.40 bits per heavy atom. The predicted molar refractivity (Wildman–Crippen MR) is 55.7 cm³/mol. The van der Waals surface area contributed by atoms with Gasteiger partial charge in [0.05, 0.1) is 17.2 Å². The van der Waals surface area contributed by atoms with Crippen LogP contribution in [0, 0.1) is 0 Å². The van der Waals surface area contributed by atoms with Gasteiger partial charge in [0, 0.05) is 6.20 Å². The molecular formula is C9H6Cl2N2O2. The van der Waals surface area contributed by atoms with E-state index in [-0.39, 0.29) is 11.8 Å². The Morgan fingerprint density at radius 3 is 2.80 bits per heavy atom. The fourth-order valence-electron chi connectivity index (χ4n) is 1.05. The predicted octanol–water partition coefficient (Wildman–Crippen LogP) is 2.54. The highest BCUT2D eigenvalue weighted by molar-refractivity contribution is 6.41. The van der Waals surface area contributed by atoms with Gasteiger partial charge in [0.25, 0.3) is 0 Å². The van der Waals surface area contributed by atoms with Crippen molar-refractivity contribution in [3.05, 3.63) is 34.4 Å². The summed E-state index contributed by atoms with van der Waals surface area (Å²) >= 11 is 11.5. The number of halogens is 2. The molecule has 0 spiro atoms. The molecule has 6 heteroatoms. The molecule has 15 heavy (non-hydrogen) atoms. The van der Waals surface area contributed by atoms with Gasteiger partial charge in [-0.15, -0.1) is 0 Å². The third kappa shape index (κ3) is 2.12. The van der Waals surface area contributed by atoms with E-state index in [0.717, 1.165) is 0 Å². The molecule has 2 aromatic rings. The van der Waals surface area contributed by atoms with E-state index >= 15 is 0 Å². The smallest absolute Gasteiger partial charge is 0.227 e. The second kappa shape index (κ2) is 4.18. The van der Waals surface area contributed by atoms with Crippen LogP contribution in [0.1, 0.15) is 5.69 Å². The summed E-state index contributed by atoms with van der Waals surface area (Å²) in [7, 11) is 0. The van der Waals surface area contributed by atoms with Gasteiger partial charge in [0.2, 0.25) is 5.89 Å². The number of aromatic nitrogens is 2. The van der Waals surface area contributed by atoms with Gasteiger partial charge in [-0.2, -0.15) is 0 Å². The molecule has 0 aliphatic rings. The van der Waals surface area contributed by atoms with Gasteiger partial charge >= 0.3 is 0 Å². The standard InChI is InChI=1S/C9H6Cl2N2O2/c10-7-1-5(2-12-8(7)11)9-13-6(3-14)4-15-9/h1-2,4,14H,3H2. The van der Waals surface area contributed by atoms with Crippen LogP contribution < -0.4 is 0 Å². The summed E-state index contributed by atoms with van der Waals surface area (Å²) in [5.41, 5.74) is 1.07. The number of oxazole rings is 1. The summed E-state index contributed by atoms with van der Waals surface area (Å²) < 4.78 is 5.12. The number of hydrogen-bond donors (Lipinski definition) is 1. The molecule has 78 valence electrons. The molecule has 0 aliphatic heterocycles. The van der Waals surface area contributed by atoms with Crippen LogP contribution in [0.25, 0.3) is 11.5 Å². The van der Waals surface area contributed by atoms with Crippen molar-refractivity contribution < 1.29 is 9.52 Å². The number of aliphatic hydroxyl groups excluding tert-OH is 1. The van der Waals surface area contributed by atoms with Crippen LogP contribution in [0.5, 0.6) is 0 Å². The number of nitrogens with zero attached hydrogens (tertiary/aromatic N) is 2. The quantitative estimate of drug-likeness (QED) is 0.826. The van der Waals surface area contributed by atoms with Crippen LogP contribution in [0.2, 0.25) is 10.2 Å². The Labute approximate surface area is 95.5 Å². The van der Waals surface area contributed by atoms with Gasteiger partial charge in [0.1, 0.15) is 17.1 Å². The Kier molecular flexibility index (Phi) is 2.90. The van der Waals surface area contributed by atoms with Crippen molar-refractivity contribution in [2.45, 2.75) is 6.61 Å². The molecule has 0 saturated carbocycles. The fourth-order valence-corrected chi connectivity index (χ4v) is 1.32. The number of rotatable bonds is 2. The Hall–Kier alpha value is -1.10. The molecule has 2 rings (SSSR count). The lowest BCUT2D eigenvalue weighted by atomic mass is 10.3. The van der Waals surface area contributed by atoms with Crippen molar-refractivity contribution in [2.24, 2.45) is 0 Å². The van der Waals surface area contributed by atoms with Gasteiger partial charge in [0.15, 0.2) is 0 Å². The molecule has 0 atom stereocenters. The molecule has 0 amide bonds. The molecule has 2 aromatic heterocycles. The van der Waals surface area contributed by atoms with Crippen molar-refractivity contribution in [2.75, 3.05) is 0 Å². The summed E-state index contributed by atoms with van der Waals surface area (Å²) in [5.74, 6) is 0.352. The molecule has 1 N–H and O–H groups in total. The van der Waals surface area contributed by atoms with E-state index in [1.54, 1.807) is 6.07 Å². The number of pyridine rings is 1. The zero-order valence-electron chi connectivity index (χ0n) is 7.44. The van der Waals surface area contributed by atoms with Crippen LogP contribution >= 0.6 is 23.2 Å². The summed E-state index contributed by atoms with van der Waals surface area (Å²) in [4.78, 5) is 7.87. The summed E-state index contributed by atoms with van der Waals surface area (Å²) in [5, 5.41) is 9.37. The molecule has 4 nitrogen and oxygen atoms in total. The lowest BCUT2D eigenvalue weighted by Gasteiger charge is -1.97. The van der Waals surface area contributed by atoms with Gasteiger partial charge in [-0.1, -0.05) is 23.2 Å². The average Bonchev–Trinajstić information content (AvgIpc) is 2.70. The van der Waals surface area contributed by atoms with Crippen molar-refractivity contribution in [1.29, 1.82) is 0 Å². The molecule has 0 saturated heterocycles. The Bertz CT molecular complexity index is 485. The maximum Gasteiger partial charge on any atom is 0.227 e. The van der Waals surface area contributed by atoms with E-state index in [4.69, 9.17) is 32.7 Å². The molecule has 0 bridgehead atoms. The second-order valence-electron chi connectivity index (χ2n) is 2.80. The second-order valence-corrected chi connectivity index (χ2v) is 3.56. The minimum atomic E-state index is -0.168. The van der Waals surface area contributed by atoms with Crippen LogP contribution in [0.3, 0.4) is 0 Å². The highest BCUT2D eigenvalue weighted by Crippen LogP contribution is 2.25. The third-order valence-electron chi connectivity index (χ3n) is 1.76. The molecule has 0 aliphatic carbocycles. The summed E-state index contributed by atoms with van der Waals surface area (Å²) in [6.07, 6.45) is 2.87. The Morgan fingerprint density at radius 2 is 2.20 bits per heavy atom. The van der Waals surface area contributed by atoms with E-state index in [1.807, 2.05) is 0 Å². The van der Waals surface area contributed by atoms with E-state index in [0.29, 0.717) is 22.2 Å². The minimum Gasteiger partial charge on any atom is -0.444 e. The van der Waals surface area contributed by atoms with E-state index in [9.17, 15) is 0 Å². The molecule has 0 unspecified atom stereocenters. The van der Waals surface area contributed by atoms with Crippen LogP contribution in [-0.2, 0) is 6.61 Å². The molecule has 0 fully saturated rings. The highest BCUT2D eigenvalue weighted by Gasteiger charge is 2.08. The normalized spacial score (nSPS) is 10.6. The third-order valence-corrected chi connectivity index (χ3v) is 2.44. The lowest BCUT2D eigenvalue weighted by Crippen LogP contribution is -1.84. The van der Waals surface area contributed by atoms with Crippen LogP contribution in [0.15, 0.2) is 22.9 Å². The largest absolute Gasteiger partial charge is 0.444 e. The Balaban J connectivity index is 2.40. The summed E-state index contributed by atoms with van der Waals surface area (Å²) in [6.45, 7) is -0.168. The van der Waals surface area contributed by atoms with Gasteiger partial charge in [-0.25, -0.2) is 9.97 Å². The topological polar surface area (TPSA) is 59.2 Å². The molecule has 0 aromatic carbocycles. The SMILES string of the molecule is OCc1coc(-c2cnc(Cl)c(Cl)c2)n1. The van der Waals surface area contributed by atoms with Gasteiger partial charge in [-0.05, 0) is 6.07 Å². The van der Waals surface area contributed by atoms with Crippen molar-refractivity contribution in [3.63, 3.8) is 0 Å².